The normalized spacial score (nSPS) is 11.6. The van der Waals surface area contributed by atoms with Crippen LogP contribution in [0.1, 0.15) is 20.8 Å². The predicted molar refractivity (Wildman–Crippen MR) is 68.5 cm³/mol. The summed E-state index contributed by atoms with van der Waals surface area (Å²) < 4.78 is 5.17. The molecule has 2 heterocycles. The van der Waals surface area contributed by atoms with Crippen LogP contribution in [0, 0.1) is 5.41 Å². The van der Waals surface area contributed by atoms with Crippen LogP contribution in [0.15, 0.2) is 12.3 Å². The zero-order valence-electron chi connectivity index (χ0n) is 10.9. The first-order valence-corrected chi connectivity index (χ1v) is 5.62. The number of carbonyl (C=O) groups is 1. The monoisotopic (exact) mass is 248 g/mol. The van der Waals surface area contributed by atoms with Gasteiger partial charge in [0.25, 0.3) is 0 Å². The third kappa shape index (κ3) is 2.27. The van der Waals surface area contributed by atoms with E-state index in [1.54, 1.807) is 6.20 Å². The standard InChI is InChI=1S/C12H16N4O2/c1-12(2,3)10(17)16-11-14-8-7(5-6-13-8)9(15-11)18-4/h5-6H,1-4H3,(H2,13,14,15,16,17). The second-order valence-electron chi connectivity index (χ2n) is 5.00. The number of anilines is 1. The molecule has 0 radical (unpaired) electrons. The van der Waals surface area contributed by atoms with Crippen molar-refractivity contribution < 1.29 is 9.53 Å². The summed E-state index contributed by atoms with van der Waals surface area (Å²) in [5.74, 6) is 0.530. The smallest absolute Gasteiger partial charge is 0.234 e. The average molecular weight is 248 g/mol. The number of aromatic amines is 1. The second-order valence-corrected chi connectivity index (χ2v) is 5.00. The van der Waals surface area contributed by atoms with E-state index in [0.717, 1.165) is 5.39 Å². The van der Waals surface area contributed by atoms with Crippen LogP contribution in [-0.4, -0.2) is 28.0 Å². The number of hydrogen-bond acceptors (Lipinski definition) is 4. The summed E-state index contributed by atoms with van der Waals surface area (Å²) in [5, 5.41) is 3.46. The van der Waals surface area contributed by atoms with E-state index in [1.807, 2.05) is 26.8 Å². The number of H-pyrrole nitrogens is 1. The summed E-state index contributed by atoms with van der Waals surface area (Å²) >= 11 is 0. The molecule has 2 rings (SSSR count). The molecule has 0 atom stereocenters. The van der Waals surface area contributed by atoms with Crippen LogP contribution in [0.2, 0.25) is 0 Å². The largest absolute Gasteiger partial charge is 0.480 e. The summed E-state index contributed by atoms with van der Waals surface area (Å²) in [5.41, 5.74) is 0.132. The van der Waals surface area contributed by atoms with Crippen molar-refractivity contribution >= 4 is 22.9 Å². The van der Waals surface area contributed by atoms with E-state index in [-0.39, 0.29) is 11.9 Å². The van der Waals surface area contributed by atoms with Crippen LogP contribution in [-0.2, 0) is 4.79 Å². The van der Waals surface area contributed by atoms with Crippen molar-refractivity contribution in [2.75, 3.05) is 12.4 Å². The molecule has 2 aromatic rings. The van der Waals surface area contributed by atoms with Crippen molar-refractivity contribution in [3.05, 3.63) is 12.3 Å². The number of nitrogens with zero attached hydrogens (tertiary/aromatic N) is 2. The number of ether oxygens (including phenoxy) is 1. The van der Waals surface area contributed by atoms with Gasteiger partial charge in [0, 0.05) is 11.6 Å². The maximum Gasteiger partial charge on any atom is 0.234 e. The van der Waals surface area contributed by atoms with Crippen LogP contribution < -0.4 is 10.1 Å². The highest BCUT2D eigenvalue weighted by Gasteiger charge is 2.22. The predicted octanol–water partition coefficient (Wildman–Crippen LogP) is 1.95. The van der Waals surface area contributed by atoms with Crippen LogP contribution in [0.3, 0.4) is 0 Å². The van der Waals surface area contributed by atoms with E-state index in [2.05, 4.69) is 20.3 Å². The Bertz CT molecular complexity index is 583. The highest BCUT2D eigenvalue weighted by atomic mass is 16.5. The zero-order valence-corrected chi connectivity index (χ0v) is 10.9. The molecule has 0 aromatic carbocycles. The third-order valence-electron chi connectivity index (χ3n) is 2.48. The van der Waals surface area contributed by atoms with Crippen molar-refractivity contribution in [3.8, 4) is 5.88 Å². The molecule has 2 aromatic heterocycles. The fourth-order valence-electron chi connectivity index (χ4n) is 1.41. The number of fused-ring (bicyclic) bond motifs is 1. The molecule has 6 heteroatoms. The van der Waals surface area contributed by atoms with Crippen LogP contribution in [0.4, 0.5) is 5.95 Å². The molecular weight excluding hydrogens is 232 g/mol. The number of aromatic nitrogens is 3. The van der Waals surface area contributed by atoms with Crippen molar-refractivity contribution in [1.29, 1.82) is 0 Å². The minimum absolute atomic E-state index is 0.143. The van der Waals surface area contributed by atoms with E-state index in [0.29, 0.717) is 11.5 Å². The molecule has 0 bridgehead atoms. The number of hydrogen-bond donors (Lipinski definition) is 2. The zero-order chi connectivity index (χ0) is 13.3. The first kappa shape index (κ1) is 12.3. The van der Waals surface area contributed by atoms with Crippen LogP contribution in [0.25, 0.3) is 11.0 Å². The average Bonchev–Trinajstić information content (AvgIpc) is 2.74. The molecule has 18 heavy (non-hydrogen) atoms. The number of nitrogens with one attached hydrogen (secondary N) is 2. The molecule has 2 N–H and O–H groups in total. The van der Waals surface area contributed by atoms with Gasteiger partial charge in [-0.05, 0) is 6.07 Å². The highest BCUT2D eigenvalue weighted by molar-refractivity contribution is 5.94. The van der Waals surface area contributed by atoms with Crippen molar-refractivity contribution in [2.45, 2.75) is 20.8 Å². The molecule has 1 amide bonds. The lowest BCUT2D eigenvalue weighted by Gasteiger charge is -2.16. The number of carbonyl (C=O) groups excluding carboxylic acids is 1. The lowest BCUT2D eigenvalue weighted by Crippen LogP contribution is -2.28. The quantitative estimate of drug-likeness (QED) is 0.851. The summed E-state index contributed by atoms with van der Waals surface area (Å²) in [6.07, 6.45) is 1.75. The van der Waals surface area contributed by atoms with E-state index in [9.17, 15) is 4.79 Å². The van der Waals surface area contributed by atoms with Gasteiger partial charge >= 0.3 is 0 Å². The SMILES string of the molecule is COc1nc(NC(=O)C(C)(C)C)nc2[nH]ccc12. The Balaban J connectivity index is 2.37. The molecular formula is C12H16N4O2. The van der Waals surface area contributed by atoms with E-state index in [4.69, 9.17) is 4.74 Å². The Hall–Kier alpha value is -2.11. The van der Waals surface area contributed by atoms with Gasteiger partial charge < -0.3 is 9.72 Å². The molecule has 0 spiro atoms. The highest BCUT2D eigenvalue weighted by Crippen LogP contribution is 2.23. The maximum atomic E-state index is 11.9. The first-order chi connectivity index (χ1) is 8.41. The number of methoxy groups -OCH3 is 1. The molecule has 96 valence electrons. The Morgan fingerprint density at radius 1 is 1.39 bits per heavy atom. The Kier molecular flexibility index (Phi) is 2.94. The summed E-state index contributed by atoms with van der Waals surface area (Å²) in [7, 11) is 1.53. The second kappa shape index (κ2) is 4.29. The van der Waals surface area contributed by atoms with Gasteiger partial charge in [-0.3, -0.25) is 10.1 Å². The van der Waals surface area contributed by atoms with Gasteiger partial charge in [0.05, 0.1) is 12.5 Å². The van der Waals surface area contributed by atoms with Crippen molar-refractivity contribution in [2.24, 2.45) is 5.41 Å². The van der Waals surface area contributed by atoms with E-state index in [1.165, 1.54) is 7.11 Å². The minimum Gasteiger partial charge on any atom is -0.480 e. The Morgan fingerprint density at radius 3 is 2.72 bits per heavy atom. The van der Waals surface area contributed by atoms with E-state index < -0.39 is 5.41 Å². The Labute approximate surface area is 105 Å². The molecule has 0 aliphatic carbocycles. The van der Waals surface area contributed by atoms with Crippen molar-refractivity contribution in [1.82, 2.24) is 15.0 Å². The lowest BCUT2D eigenvalue weighted by atomic mass is 9.96. The summed E-state index contributed by atoms with van der Waals surface area (Å²) in [6, 6.07) is 1.82. The van der Waals surface area contributed by atoms with Gasteiger partial charge in [-0.2, -0.15) is 9.97 Å². The van der Waals surface area contributed by atoms with Gasteiger partial charge in [-0.25, -0.2) is 0 Å². The molecule has 0 saturated heterocycles. The topological polar surface area (TPSA) is 79.9 Å². The number of amides is 1. The molecule has 6 nitrogen and oxygen atoms in total. The molecule has 0 saturated carbocycles. The molecule has 0 aliphatic rings. The summed E-state index contributed by atoms with van der Waals surface area (Å²) in [4.78, 5) is 23.2. The van der Waals surface area contributed by atoms with Gasteiger partial charge in [-0.15, -0.1) is 0 Å². The molecule has 0 fully saturated rings. The van der Waals surface area contributed by atoms with Gasteiger partial charge in [0.15, 0.2) is 0 Å². The molecule has 0 aliphatic heterocycles. The fraction of sp³-hybridized carbons (Fsp3) is 0.417. The summed E-state index contributed by atoms with van der Waals surface area (Å²) in [6.45, 7) is 5.48. The Morgan fingerprint density at radius 2 is 2.11 bits per heavy atom. The van der Waals surface area contributed by atoms with Gasteiger partial charge in [0.1, 0.15) is 5.65 Å². The van der Waals surface area contributed by atoms with Crippen molar-refractivity contribution in [3.63, 3.8) is 0 Å². The fourth-order valence-corrected chi connectivity index (χ4v) is 1.41. The van der Waals surface area contributed by atoms with Gasteiger partial charge in [-0.1, -0.05) is 20.8 Å². The molecule has 0 unspecified atom stereocenters. The third-order valence-corrected chi connectivity index (χ3v) is 2.48. The first-order valence-electron chi connectivity index (χ1n) is 5.62. The lowest BCUT2D eigenvalue weighted by molar-refractivity contribution is -0.123. The minimum atomic E-state index is -0.499. The maximum absolute atomic E-state index is 11.9. The van der Waals surface area contributed by atoms with Gasteiger partial charge in [0.2, 0.25) is 17.7 Å². The van der Waals surface area contributed by atoms with E-state index >= 15 is 0 Å². The number of rotatable bonds is 2. The van der Waals surface area contributed by atoms with Crippen LogP contribution in [0.5, 0.6) is 5.88 Å². The van der Waals surface area contributed by atoms with Crippen LogP contribution >= 0.6 is 0 Å².